The molecule has 1 heterocycles. The third-order valence-electron chi connectivity index (χ3n) is 15.8. The van der Waals surface area contributed by atoms with Gasteiger partial charge in [0.1, 0.15) is 36.5 Å². The van der Waals surface area contributed by atoms with Crippen molar-refractivity contribution in [3.8, 4) is 23.3 Å². The largest absolute Gasteiger partial charge is 0.508 e. The van der Waals surface area contributed by atoms with Crippen LogP contribution in [0.2, 0.25) is 0 Å². The summed E-state index contributed by atoms with van der Waals surface area (Å²) in [5.41, 5.74) is 5.26. The van der Waals surface area contributed by atoms with E-state index >= 15 is 4.79 Å². The Morgan fingerprint density at radius 2 is 1.46 bits per heavy atom. The molecule has 0 aromatic heterocycles. The molecule has 8 rings (SSSR count). The predicted octanol–water partition coefficient (Wildman–Crippen LogP) is 8.90. The molecule has 0 bridgehead atoms. The number of nitrogens with one attached hydrogen (secondary N) is 3. The molecule has 84 heavy (non-hydrogen) atoms. The fourth-order valence-electron chi connectivity index (χ4n) is 10.7. The number of fused-ring (bicyclic) bond motifs is 2. The van der Waals surface area contributed by atoms with Crippen LogP contribution in [-0.4, -0.2) is 125 Å². The summed E-state index contributed by atoms with van der Waals surface area (Å²) in [6.45, 7) is 8.99. The van der Waals surface area contributed by atoms with Gasteiger partial charge in [-0.25, -0.2) is 0 Å². The normalized spacial score (nSPS) is 15.4. The van der Waals surface area contributed by atoms with Crippen molar-refractivity contribution in [3.05, 3.63) is 197 Å². The van der Waals surface area contributed by atoms with Crippen molar-refractivity contribution < 1.29 is 48.0 Å². The minimum Gasteiger partial charge on any atom is -0.508 e. The van der Waals surface area contributed by atoms with Gasteiger partial charge in [-0.05, 0) is 128 Å². The average molecular weight is 1140 g/mol. The van der Waals surface area contributed by atoms with Crippen LogP contribution < -0.4 is 35.2 Å². The van der Waals surface area contributed by atoms with E-state index in [1.807, 2.05) is 66.7 Å². The highest BCUT2D eigenvalue weighted by atomic mass is 16.5. The maximum Gasteiger partial charge on any atom is 0.258 e. The number of hydrogen-bond donors (Lipinski definition) is 4. The standard InChI is InChI=1S/C67H73N7O10/c1-8-67(4,52-15-10-9-11-16-52)61(48-23-28-53(75)29-24-48)49-25-30-54(31-26-49)84-37-35-72(6)60(76)43-83-39-38-82-36-34-70-64(78)50-19-21-51(22-20-50)65(79)74-45(3)62(71-63(77)44(2)69-5)66(80)73(57-32-18-46(41-68)40-58(57)74)42-56-55-17-13-12-14-47(55)27-33-59(56)81-7/h9-33,40,44-45,61-62,69,75H,8,34-39,42-43H2,1-7H3,(H,70,78)(H,71,77)/t44-,45-,61?,62+,67?/m1/s1. The molecule has 0 aliphatic carbocycles. The first kappa shape index (κ1) is 61.0. The van der Waals surface area contributed by atoms with E-state index in [4.69, 9.17) is 18.9 Å². The molecule has 5 atom stereocenters. The van der Waals surface area contributed by atoms with Gasteiger partial charge in [0, 0.05) is 41.6 Å². The van der Waals surface area contributed by atoms with E-state index in [0.717, 1.165) is 28.3 Å². The lowest BCUT2D eigenvalue weighted by atomic mass is 9.65. The number of amides is 5. The Labute approximate surface area is 491 Å². The molecule has 0 saturated carbocycles. The van der Waals surface area contributed by atoms with Crippen LogP contribution in [0.5, 0.6) is 17.2 Å². The number of methoxy groups -OCH3 is 1. The van der Waals surface area contributed by atoms with Gasteiger partial charge < -0.3 is 54.7 Å². The van der Waals surface area contributed by atoms with Gasteiger partial charge in [-0.2, -0.15) is 5.26 Å². The topological polar surface area (TPSA) is 212 Å². The van der Waals surface area contributed by atoms with Crippen molar-refractivity contribution in [2.45, 2.75) is 70.1 Å². The zero-order valence-electron chi connectivity index (χ0n) is 48.6. The first-order valence-corrected chi connectivity index (χ1v) is 28.2. The molecule has 5 amide bonds. The quantitative estimate of drug-likeness (QED) is 0.0395. The number of nitrogens with zero attached hydrogens (tertiary/aromatic N) is 4. The molecular formula is C67H73N7O10. The summed E-state index contributed by atoms with van der Waals surface area (Å²) in [6.07, 6.45) is 0.888. The Morgan fingerprint density at radius 3 is 2.14 bits per heavy atom. The number of aromatic hydroxyl groups is 1. The van der Waals surface area contributed by atoms with Crippen molar-refractivity contribution in [3.63, 3.8) is 0 Å². The number of phenols is 1. The van der Waals surface area contributed by atoms with E-state index in [1.165, 1.54) is 39.6 Å². The summed E-state index contributed by atoms with van der Waals surface area (Å²) in [5.74, 6) is -0.638. The maximum absolute atomic E-state index is 15.0. The lowest BCUT2D eigenvalue weighted by Gasteiger charge is -2.39. The molecule has 17 nitrogen and oxygen atoms in total. The average Bonchev–Trinajstić information content (AvgIpc) is 3.71. The number of ether oxygens (including phenoxy) is 4. The maximum atomic E-state index is 15.0. The van der Waals surface area contributed by atoms with Crippen molar-refractivity contribution in [2.75, 3.05) is 77.1 Å². The van der Waals surface area contributed by atoms with Gasteiger partial charge >= 0.3 is 0 Å². The van der Waals surface area contributed by atoms with Crippen molar-refractivity contribution in [2.24, 2.45) is 0 Å². The van der Waals surface area contributed by atoms with Crippen LogP contribution in [-0.2, 0) is 35.8 Å². The van der Waals surface area contributed by atoms with Crippen LogP contribution >= 0.6 is 0 Å². The van der Waals surface area contributed by atoms with E-state index in [1.54, 1.807) is 70.3 Å². The second-order valence-electron chi connectivity index (χ2n) is 21.0. The van der Waals surface area contributed by atoms with E-state index in [9.17, 15) is 29.5 Å². The Hall–Kier alpha value is -9.08. The Morgan fingerprint density at radius 1 is 0.798 bits per heavy atom. The Balaban J connectivity index is 0.817. The van der Waals surface area contributed by atoms with Gasteiger partial charge in [0.25, 0.3) is 17.7 Å². The van der Waals surface area contributed by atoms with Gasteiger partial charge in [-0.15, -0.1) is 0 Å². The van der Waals surface area contributed by atoms with Crippen LogP contribution in [0.3, 0.4) is 0 Å². The lowest BCUT2D eigenvalue weighted by Crippen LogP contribution is -2.59. The number of likely N-dealkylation sites (N-methyl/N-ethyl adjacent to an activating group) is 2. The Kier molecular flexibility index (Phi) is 20.5. The second kappa shape index (κ2) is 28.3. The number of rotatable bonds is 25. The van der Waals surface area contributed by atoms with Crippen molar-refractivity contribution in [1.29, 1.82) is 5.26 Å². The van der Waals surface area contributed by atoms with E-state index in [2.05, 4.69) is 72.3 Å². The van der Waals surface area contributed by atoms with Crippen molar-refractivity contribution >= 4 is 51.7 Å². The van der Waals surface area contributed by atoms with Crippen molar-refractivity contribution in [1.82, 2.24) is 20.9 Å². The number of benzene rings is 7. The Bertz CT molecular complexity index is 3460. The summed E-state index contributed by atoms with van der Waals surface area (Å²) in [4.78, 5) is 74.1. The molecule has 0 fully saturated rings. The second-order valence-corrected chi connectivity index (χ2v) is 21.0. The number of nitriles is 1. The third-order valence-corrected chi connectivity index (χ3v) is 15.8. The molecule has 1 aliphatic rings. The lowest BCUT2D eigenvalue weighted by molar-refractivity contribution is -0.135. The molecule has 2 unspecified atom stereocenters. The van der Waals surface area contributed by atoms with E-state index in [-0.39, 0.29) is 91.5 Å². The molecule has 7 aromatic carbocycles. The minimum absolute atomic E-state index is 0.00417. The summed E-state index contributed by atoms with van der Waals surface area (Å²) in [6, 6.07) is 47.6. The zero-order valence-corrected chi connectivity index (χ0v) is 48.6. The molecule has 0 saturated heterocycles. The molecule has 1 aliphatic heterocycles. The number of carbonyl (C=O) groups is 5. The van der Waals surface area contributed by atoms with Gasteiger partial charge in [0.15, 0.2) is 0 Å². The molecule has 0 spiro atoms. The fraction of sp³-hybridized carbons (Fsp3) is 0.313. The number of carbonyl (C=O) groups excluding carboxylic acids is 5. The summed E-state index contributed by atoms with van der Waals surface area (Å²) >= 11 is 0. The van der Waals surface area contributed by atoms with Crippen LogP contribution in [0.25, 0.3) is 10.8 Å². The minimum atomic E-state index is -1.24. The molecule has 7 aromatic rings. The number of phenolic OH excluding ortho intramolecular Hbond substituents is 1. The SMILES string of the molecule is CCC(C)(c1ccccc1)C(c1ccc(O)cc1)c1ccc(OCCN(C)C(=O)COCCOCCNC(=O)c2ccc(C(=O)N3c4cc(C#N)ccc4N(Cc4c(OC)ccc5ccccc45)C(=O)[C@@H](NC(=O)[C@@H](C)NC)[C@H]3C)cc2)cc1. The van der Waals surface area contributed by atoms with Gasteiger partial charge in [-0.1, -0.05) is 98.8 Å². The van der Waals surface area contributed by atoms with Crippen LogP contribution in [0.15, 0.2) is 158 Å². The first-order valence-electron chi connectivity index (χ1n) is 28.2. The number of hydrogen-bond acceptors (Lipinski definition) is 12. The zero-order chi connectivity index (χ0) is 59.9. The van der Waals surface area contributed by atoms with Gasteiger partial charge in [-0.3, -0.25) is 24.0 Å². The van der Waals surface area contributed by atoms with Crippen LogP contribution in [0.1, 0.15) is 88.6 Å². The third kappa shape index (κ3) is 14.0. The van der Waals surface area contributed by atoms with E-state index < -0.39 is 41.8 Å². The fourth-order valence-corrected chi connectivity index (χ4v) is 10.7. The molecular weight excluding hydrogens is 1060 g/mol. The van der Waals surface area contributed by atoms with Gasteiger partial charge in [0.05, 0.1) is 75.1 Å². The predicted molar refractivity (Wildman–Crippen MR) is 324 cm³/mol. The molecule has 17 heteroatoms. The highest BCUT2D eigenvalue weighted by molar-refractivity contribution is 6.14. The highest BCUT2D eigenvalue weighted by Gasteiger charge is 2.43. The highest BCUT2D eigenvalue weighted by Crippen LogP contribution is 2.47. The summed E-state index contributed by atoms with van der Waals surface area (Å²) in [5, 5.41) is 30.6. The van der Waals surface area contributed by atoms with Crippen LogP contribution in [0.4, 0.5) is 11.4 Å². The molecule has 0 radical (unpaired) electrons. The molecule has 4 N–H and O–H groups in total. The smallest absolute Gasteiger partial charge is 0.258 e. The first-order chi connectivity index (χ1) is 40.6. The van der Waals surface area contributed by atoms with Gasteiger partial charge in [0.2, 0.25) is 11.8 Å². The monoisotopic (exact) mass is 1140 g/mol. The van der Waals surface area contributed by atoms with E-state index in [0.29, 0.717) is 29.3 Å². The summed E-state index contributed by atoms with van der Waals surface area (Å²) in [7, 11) is 4.87. The summed E-state index contributed by atoms with van der Waals surface area (Å²) < 4.78 is 23.1. The number of anilines is 2. The molecule has 436 valence electrons. The van der Waals surface area contributed by atoms with Crippen LogP contribution in [0, 0.1) is 11.3 Å².